The Hall–Kier alpha value is 0.01000. The number of aliphatic hydroxyl groups excluding tert-OH is 1. The summed E-state index contributed by atoms with van der Waals surface area (Å²) in [7, 11) is -3.50. The molecular formula is C17H33F2O3P. The lowest BCUT2D eigenvalue weighted by Gasteiger charge is -2.43. The molecule has 1 aliphatic rings. The monoisotopic (exact) mass is 354 g/mol. The number of alkyl halides is 2. The van der Waals surface area contributed by atoms with Gasteiger partial charge in [-0.1, -0.05) is 41.5 Å². The molecule has 0 amide bonds. The van der Waals surface area contributed by atoms with E-state index in [1.807, 2.05) is 0 Å². The minimum Gasteiger partial charge on any atom is -0.382 e. The van der Waals surface area contributed by atoms with Crippen molar-refractivity contribution in [3.8, 4) is 0 Å². The van der Waals surface area contributed by atoms with Crippen LogP contribution in [0.1, 0.15) is 67.2 Å². The Kier molecular flexibility index (Phi) is 6.16. The van der Waals surface area contributed by atoms with E-state index in [9.17, 15) is 9.67 Å². The van der Waals surface area contributed by atoms with Gasteiger partial charge in [0.2, 0.25) is 0 Å². The number of halogens is 2. The average Bonchev–Trinajstić information content (AvgIpc) is 2.43. The van der Waals surface area contributed by atoms with Gasteiger partial charge in [0.15, 0.2) is 0 Å². The zero-order chi connectivity index (χ0) is 18.3. The van der Waals surface area contributed by atoms with Crippen LogP contribution in [0.3, 0.4) is 0 Å². The first-order chi connectivity index (χ1) is 10.2. The van der Waals surface area contributed by atoms with Crippen LogP contribution >= 0.6 is 7.37 Å². The molecule has 0 aromatic heterocycles. The van der Waals surface area contributed by atoms with Crippen LogP contribution in [0.25, 0.3) is 0 Å². The molecule has 2 unspecified atom stereocenters. The molecule has 0 heterocycles. The molecule has 3 nitrogen and oxygen atoms in total. The SMILES string of the molecule is COP(=O)(C(O)C(C)(C)C)C(F)(F)C1CCC(C(C)(C)C)CC1. The van der Waals surface area contributed by atoms with Gasteiger partial charge in [-0.2, -0.15) is 8.78 Å². The van der Waals surface area contributed by atoms with Gasteiger partial charge in [-0.3, -0.25) is 4.57 Å². The molecule has 1 aliphatic carbocycles. The van der Waals surface area contributed by atoms with Crippen LogP contribution in [0.4, 0.5) is 8.78 Å². The molecule has 0 aliphatic heterocycles. The van der Waals surface area contributed by atoms with Gasteiger partial charge in [0.05, 0.1) is 0 Å². The predicted molar refractivity (Wildman–Crippen MR) is 89.9 cm³/mol. The highest BCUT2D eigenvalue weighted by Gasteiger charge is 2.62. The summed E-state index contributed by atoms with van der Waals surface area (Å²) in [5.74, 6) is -2.29. The topological polar surface area (TPSA) is 46.5 Å². The molecule has 0 spiro atoms. The van der Waals surface area contributed by atoms with Crippen LogP contribution < -0.4 is 0 Å². The van der Waals surface area contributed by atoms with Crippen molar-refractivity contribution in [2.45, 2.75) is 78.7 Å². The van der Waals surface area contributed by atoms with Gasteiger partial charge in [0.1, 0.15) is 5.85 Å². The van der Waals surface area contributed by atoms with Crippen molar-refractivity contribution in [3.05, 3.63) is 0 Å². The Morgan fingerprint density at radius 2 is 1.39 bits per heavy atom. The van der Waals surface area contributed by atoms with Crippen molar-refractivity contribution in [2.75, 3.05) is 7.11 Å². The number of hydrogen-bond donors (Lipinski definition) is 1. The molecule has 0 bridgehead atoms. The second kappa shape index (κ2) is 6.72. The Balaban J connectivity index is 3.00. The van der Waals surface area contributed by atoms with Crippen molar-refractivity contribution in [1.82, 2.24) is 0 Å². The Morgan fingerprint density at radius 1 is 1.00 bits per heavy atom. The minimum absolute atomic E-state index is 0.0934. The highest BCUT2D eigenvalue weighted by Crippen LogP contribution is 2.70. The lowest BCUT2D eigenvalue weighted by atomic mass is 9.70. The molecule has 2 atom stereocenters. The zero-order valence-electron chi connectivity index (χ0n) is 15.5. The first-order valence-electron chi connectivity index (χ1n) is 8.39. The van der Waals surface area contributed by atoms with E-state index < -0.39 is 30.2 Å². The molecular weight excluding hydrogens is 321 g/mol. The molecule has 1 fully saturated rings. The third-order valence-electron chi connectivity index (χ3n) is 5.23. The third-order valence-corrected chi connectivity index (χ3v) is 8.38. The van der Waals surface area contributed by atoms with Gasteiger partial charge in [-0.05, 0) is 42.4 Å². The lowest BCUT2D eigenvalue weighted by Crippen LogP contribution is -2.40. The van der Waals surface area contributed by atoms with Crippen LogP contribution in [0.15, 0.2) is 0 Å². The van der Waals surface area contributed by atoms with Crippen molar-refractivity contribution < 1.29 is 23.0 Å². The van der Waals surface area contributed by atoms with Crippen LogP contribution in [0, 0.1) is 22.7 Å². The summed E-state index contributed by atoms with van der Waals surface area (Å²) < 4.78 is 47.7. The molecule has 0 radical (unpaired) electrons. The Morgan fingerprint density at radius 3 is 1.70 bits per heavy atom. The quantitative estimate of drug-likeness (QED) is 0.657. The first-order valence-corrected chi connectivity index (χ1v) is 10.1. The molecule has 138 valence electrons. The summed E-state index contributed by atoms with van der Waals surface area (Å²) >= 11 is 0. The third kappa shape index (κ3) is 4.16. The van der Waals surface area contributed by atoms with E-state index in [-0.39, 0.29) is 5.41 Å². The maximum absolute atomic E-state index is 15.0. The Bertz CT molecular complexity index is 444. The second-order valence-electron chi connectivity index (χ2n) is 9.02. The molecule has 0 saturated heterocycles. The summed E-state index contributed by atoms with van der Waals surface area (Å²) in [5, 5.41) is 10.3. The smallest absolute Gasteiger partial charge is 0.326 e. The van der Waals surface area contributed by atoms with Crippen LogP contribution in [-0.2, 0) is 9.09 Å². The van der Waals surface area contributed by atoms with E-state index in [1.165, 1.54) is 0 Å². The van der Waals surface area contributed by atoms with E-state index in [1.54, 1.807) is 20.8 Å². The van der Waals surface area contributed by atoms with Crippen LogP contribution in [-0.4, -0.2) is 23.7 Å². The van der Waals surface area contributed by atoms with Crippen LogP contribution in [0.2, 0.25) is 0 Å². The summed E-state index contributed by atoms with van der Waals surface area (Å²) in [6.07, 6.45) is 2.02. The number of rotatable bonds is 4. The van der Waals surface area contributed by atoms with Crippen LogP contribution in [0.5, 0.6) is 0 Å². The number of hydrogen-bond acceptors (Lipinski definition) is 3. The molecule has 0 aromatic rings. The molecule has 23 heavy (non-hydrogen) atoms. The minimum atomic E-state index is -4.52. The van der Waals surface area contributed by atoms with Gasteiger partial charge in [-0.15, -0.1) is 0 Å². The largest absolute Gasteiger partial charge is 0.382 e. The van der Waals surface area contributed by atoms with Gasteiger partial charge in [-0.25, -0.2) is 0 Å². The Labute approximate surface area is 139 Å². The fraction of sp³-hybridized carbons (Fsp3) is 1.00. The van der Waals surface area contributed by atoms with E-state index in [0.717, 1.165) is 7.11 Å². The fourth-order valence-electron chi connectivity index (χ4n) is 3.46. The highest BCUT2D eigenvalue weighted by atomic mass is 31.2. The molecule has 1 N–H and O–H groups in total. The molecule has 1 rings (SSSR count). The summed E-state index contributed by atoms with van der Waals surface area (Å²) in [5.41, 5.74) is -4.34. The predicted octanol–water partition coefficient (Wildman–Crippen LogP) is 5.72. The summed E-state index contributed by atoms with van der Waals surface area (Å²) in [4.78, 5) is 0. The summed E-state index contributed by atoms with van der Waals surface area (Å²) in [6.45, 7) is 11.2. The maximum atomic E-state index is 15.0. The average molecular weight is 354 g/mol. The van der Waals surface area contributed by atoms with Gasteiger partial charge >= 0.3 is 5.66 Å². The molecule has 1 saturated carbocycles. The fourth-order valence-corrected chi connectivity index (χ4v) is 6.01. The normalized spacial score (nSPS) is 28.3. The molecule has 0 aromatic carbocycles. The van der Waals surface area contributed by atoms with E-state index in [2.05, 4.69) is 20.8 Å². The van der Waals surface area contributed by atoms with E-state index >= 15 is 8.78 Å². The maximum Gasteiger partial charge on any atom is 0.326 e. The van der Waals surface area contributed by atoms with Gasteiger partial charge in [0, 0.05) is 13.0 Å². The van der Waals surface area contributed by atoms with Gasteiger partial charge < -0.3 is 9.63 Å². The van der Waals surface area contributed by atoms with Crippen molar-refractivity contribution in [2.24, 2.45) is 22.7 Å². The van der Waals surface area contributed by atoms with Crippen molar-refractivity contribution >= 4 is 7.37 Å². The van der Waals surface area contributed by atoms with E-state index in [0.29, 0.717) is 31.6 Å². The number of aliphatic hydroxyl groups is 1. The van der Waals surface area contributed by atoms with Crippen molar-refractivity contribution in [3.63, 3.8) is 0 Å². The summed E-state index contributed by atoms with van der Waals surface area (Å²) in [6, 6.07) is 0. The first kappa shape index (κ1) is 21.1. The van der Waals surface area contributed by atoms with E-state index in [4.69, 9.17) is 4.52 Å². The standard InChI is InChI=1S/C17H33F2O3P/c1-15(2,3)12-8-10-13(11-9-12)17(18,19)23(21,22-7)14(20)16(4,5)6/h12-14,20H,8-11H2,1-7H3. The van der Waals surface area contributed by atoms with Gasteiger partial charge in [0.25, 0.3) is 7.37 Å². The lowest BCUT2D eigenvalue weighted by molar-refractivity contribution is -0.0313. The zero-order valence-corrected chi connectivity index (χ0v) is 16.4. The highest BCUT2D eigenvalue weighted by molar-refractivity contribution is 7.60. The van der Waals surface area contributed by atoms with Crippen molar-refractivity contribution in [1.29, 1.82) is 0 Å². The second-order valence-corrected chi connectivity index (χ2v) is 11.7. The molecule has 6 heteroatoms.